The van der Waals surface area contributed by atoms with Crippen molar-refractivity contribution in [2.45, 2.75) is 37.1 Å². The maximum atomic E-state index is 12.4. The molecule has 1 aliphatic rings. The van der Waals surface area contributed by atoms with Crippen LogP contribution in [-0.2, 0) is 14.6 Å². The van der Waals surface area contributed by atoms with Gasteiger partial charge in [-0.15, -0.1) is 12.4 Å². The minimum atomic E-state index is -3.21. The summed E-state index contributed by atoms with van der Waals surface area (Å²) in [6.07, 6.45) is 3.42. The van der Waals surface area contributed by atoms with E-state index in [4.69, 9.17) is 10.5 Å². The van der Waals surface area contributed by atoms with E-state index in [0.29, 0.717) is 24.6 Å². The van der Waals surface area contributed by atoms with Crippen LogP contribution in [0.2, 0.25) is 0 Å². The van der Waals surface area contributed by atoms with Crippen molar-refractivity contribution in [2.75, 3.05) is 26.0 Å². The van der Waals surface area contributed by atoms with Gasteiger partial charge in [-0.2, -0.15) is 0 Å². The molecular weight excluding hydrogens is 364 g/mol. The fourth-order valence-corrected chi connectivity index (χ4v) is 3.62. The fraction of sp³-hybridized carbons (Fsp3) is 0.588. The highest BCUT2D eigenvalue weighted by Gasteiger charge is 2.28. The van der Waals surface area contributed by atoms with Gasteiger partial charge in [-0.25, -0.2) is 8.42 Å². The van der Waals surface area contributed by atoms with Gasteiger partial charge in [0.25, 0.3) is 0 Å². The molecule has 1 aromatic carbocycles. The number of carbonyl (C=O) groups excluding carboxylic acids is 1. The number of likely N-dealkylation sites (tertiary alicyclic amines) is 1. The van der Waals surface area contributed by atoms with Crippen LogP contribution in [0.5, 0.6) is 5.75 Å². The van der Waals surface area contributed by atoms with E-state index >= 15 is 0 Å². The van der Waals surface area contributed by atoms with Crippen LogP contribution in [0.4, 0.5) is 0 Å². The van der Waals surface area contributed by atoms with Gasteiger partial charge in [0.2, 0.25) is 5.91 Å². The first-order valence-electron chi connectivity index (χ1n) is 8.23. The Morgan fingerprint density at radius 1 is 1.32 bits per heavy atom. The molecule has 8 heteroatoms. The first-order valence-corrected chi connectivity index (χ1v) is 10.1. The molecule has 0 saturated carbocycles. The minimum Gasteiger partial charge on any atom is -0.493 e. The first kappa shape index (κ1) is 21.7. The van der Waals surface area contributed by atoms with E-state index in [9.17, 15) is 13.2 Å². The molecule has 0 spiro atoms. The molecule has 0 aromatic heterocycles. The quantitative estimate of drug-likeness (QED) is 0.800. The monoisotopic (exact) mass is 390 g/mol. The second-order valence-electron chi connectivity index (χ2n) is 6.45. The summed E-state index contributed by atoms with van der Waals surface area (Å²) in [6, 6.07) is 6.33. The number of hydrogen-bond acceptors (Lipinski definition) is 5. The summed E-state index contributed by atoms with van der Waals surface area (Å²) in [6.45, 7) is 3.70. The molecule has 2 atom stereocenters. The third kappa shape index (κ3) is 6.17. The van der Waals surface area contributed by atoms with Gasteiger partial charge >= 0.3 is 0 Å². The van der Waals surface area contributed by atoms with Crippen LogP contribution >= 0.6 is 12.4 Å². The molecule has 6 nitrogen and oxygen atoms in total. The largest absolute Gasteiger partial charge is 0.493 e. The lowest BCUT2D eigenvalue weighted by Crippen LogP contribution is -2.49. The molecule has 1 saturated heterocycles. The van der Waals surface area contributed by atoms with Gasteiger partial charge in [-0.05, 0) is 43.0 Å². The van der Waals surface area contributed by atoms with Crippen LogP contribution in [0, 0.1) is 5.92 Å². The van der Waals surface area contributed by atoms with Crippen molar-refractivity contribution in [2.24, 2.45) is 11.7 Å². The number of piperidine rings is 1. The molecule has 0 bridgehead atoms. The fourth-order valence-electron chi connectivity index (χ4n) is 2.99. The van der Waals surface area contributed by atoms with Gasteiger partial charge in [0.1, 0.15) is 5.75 Å². The molecule has 2 N–H and O–H groups in total. The molecule has 0 aliphatic carbocycles. The van der Waals surface area contributed by atoms with E-state index in [1.807, 2.05) is 4.90 Å². The number of ether oxygens (including phenoxy) is 1. The van der Waals surface area contributed by atoms with Gasteiger partial charge in [-0.1, -0.05) is 6.92 Å². The van der Waals surface area contributed by atoms with Gasteiger partial charge < -0.3 is 15.4 Å². The third-order valence-electron chi connectivity index (χ3n) is 4.41. The highest BCUT2D eigenvalue weighted by Crippen LogP contribution is 2.22. The summed E-state index contributed by atoms with van der Waals surface area (Å²) in [5.74, 6) is 1.22. The summed E-state index contributed by atoms with van der Waals surface area (Å²) in [7, 11) is -3.21. The second kappa shape index (κ2) is 9.40. The average Bonchev–Trinajstić information content (AvgIpc) is 2.54. The Bertz CT molecular complexity index is 664. The molecule has 0 radical (unpaired) electrons. The average molecular weight is 391 g/mol. The van der Waals surface area contributed by atoms with Crippen LogP contribution in [0.15, 0.2) is 29.2 Å². The highest BCUT2D eigenvalue weighted by molar-refractivity contribution is 7.90. The SMILES string of the molecule is CC1CCN(C(=O)CCOc2ccc(S(C)(=O)=O)cc2)C(CN)C1.Cl. The van der Waals surface area contributed by atoms with Crippen molar-refractivity contribution in [3.63, 3.8) is 0 Å². The molecule has 1 amide bonds. The molecule has 25 heavy (non-hydrogen) atoms. The first-order chi connectivity index (χ1) is 11.3. The number of nitrogens with zero attached hydrogens (tertiary/aromatic N) is 1. The normalized spacial score (nSPS) is 20.7. The van der Waals surface area contributed by atoms with E-state index in [1.165, 1.54) is 12.1 Å². The zero-order valence-corrected chi connectivity index (χ0v) is 16.3. The summed E-state index contributed by atoms with van der Waals surface area (Å²) in [5, 5.41) is 0. The number of carbonyl (C=O) groups is 1. The molecule has 2 unspecified atom stereocenters. The lowest BCUT2D eigenvalue weighted by atomic mass is 9.92. The van der Waals surface area contributed by atoms with Crippen LogP contribution in [0.1, 0.15) is 26.2 Å². The maximum absolute atomic E-state index is 12.4. The number of hydrogen-bond donors (Lipinski definition) is 1. The van der Waals surface area contributed by atoms with Crippen molar-refractivity contribution < 1.29 is 17.9 Å². The van der Waals surface area contributed by atoms with E-state index in [1.54, 1.807) is 12.1 Å². The topological polar surface area (TPSA) is 89.7 Å². The zero-order valence-electron chi connectivity index (χ0n) is 14.7. The summed E-state index contributed by atoms with van der Waals surface area (Å²) < 4.78 is 28.4. The zero-order chi connectivity index (χ0) is 17.7. The number of rotatable bonds is 6. The molecule has 1 aromatic rings. The third-order valence-corrected chi connectivity index (χ3v) is 5.54. The number of benzene rings is 1. The predicted molar refractivity (Wildman–Crippen MR) is 99.9 cm³/mol. The maximum Gasteiger partial charge on any atom is 0.226 e. The van der Waals surface area contributed by atoms with Gasteiger partial charge in [0, 0.05) is 25.4 Å². The van der Waals surface area contributed by atoms with E-state index < -0.39 is 9.84 Å². The van der Waals surface area contributed by atoms with Gasteiger partial charge in [0.05, 0.1) is 17.9 Å². The van der Waals surface area contributed by atoms with Crippen LogP contribution in [0.3, 0.4) is 0 Å². The highest BCUT2D eigenvalue weighted by atomic mass is 35.5. The Labute approximate surface area is 156 Å². The van der Waals surface area contributed by atoms with E-state index in [2.05, 4.69) is 6.92 Å². The van der Waals surface area contributed by atoms with Crippen LogP contribution < -0.4 is 10.5 Å². The van der Waals surface area contributed by atoms with Crippen LogP contribution in [0.25, 0.3) is 0 Å². The van der Waals surface area contributed by atoms with Crippen molar-refractivity contribution in [3.8, 4) is 5.75 Å². The lowest BCUT2D eigenvalue weighted by Gasteiger charge is -2.38. The smallest absolute Gasteiger partial charge is 0.226 e. The lowest BCUT2D eigenvalue weighted by molar-refractivity contribution is -0.135. The van der Waals surface area contributed by atoms with Crippen molar-refractivity contribution in [1.29, 1.82) is 0 Å². The Kier molecular flexibility index (Phi) is 8.18. The van der Waals surface area contributed by atoms with Gasteiger partial charge in [0.15, 0.2) is 9.84 Å². The number of nitrogens with two attached hydrogens (primary N) is 1. The van der Waals surface area contributed by atoms with Crippen LogP contribution in [-0.4, -0.2) is 51.2 Å². The van der Waals surface area contributed by atoms with E-state index in [-0.39, 0.29) is 35.9 Å². The minimum absolute atomic E-state index is 0. The molecule has 1 aliphatic heterocycles. The summed E-state index contributed by atoms with van der Waals surface area (Å²) >= 11 is 0. The molecule has 1 fully saturated rings. The van der Waals surface area contributed by atoms with Crippen molar-refractivity contribution in [3.05, 3.63) is 24.3 Å². The summed E-state index contributed by atoms with van der Waals surface area (Å²) in [5.41, 5.74) is 5.79. The van der Waals surface area contributed by atoms with Gasteiger partial charge in [-0.3, -0.25) is 4.79 Å². The Hall–Kier alpha value is -1.31. The second-order valence-corrected chi connectivity index (χ2v) is 8.46. The van der Waals surface area contributed by atoms with Crippen molar-refractivity contribution in [1.82, 2.24) is 4.90 Å². The Morgan fingerprint density at radius 2 is 1.96 bits per heavy atom. The summed E-state index contributed by atoms with van der Waals surface area (Å²) in [4.78, 5) is 14.5. The van der Waals surface area contributed by atoms with Crippen molar-refractivity contribution >= 4 is 28.2 Å². The van der Waals surface area contributed by atoms with E-state index in [0.717, 1.165) is 25.6 Å². The number of halogens is 1. The standard InChI is InChI=1S/C17H26N2O4S.ClH/c1-13-7-9-19(14(11-13)12-18)17(20)8-10-23-15-3-5-16(6-4-15)24(2,21)22;/h3-6,13-14H,7-12,18H2,1-2H3;1H. The number of sulfone groups is 1. The molecule has 2 rings (SSSR count). The number of amides is 1. The Balaban J connectivity index is 0.00000312. The molecular formula is C17H27ClN2O4S. The molecule has 142 valence electrons. The predicted octanol–water partition coefficient (Wildman–Crippen LogP) is 1.87. The molecule has 1 heterocycles. The Morgan fingerprint density at radius 3 is 2.52 bits per heavy atom.